The van der Waals surface area contributed by atoms with Gasteiger partial charge in [-0.3, -0.25) is 4.90 Å². The van der Waals surface area contributed by atoms with Gasteiger partial charge in [0.05, 0.1) is 12.6 Å². The van der Waals surface area contributed by atoms with Gasteiger partial charge in [0.15, 0.2) is 0 Å². The molecule has 118 valence electrons. The molecule has 4 rings (SSSR count). The SMILES string of the molecule is Cc1ccc(-c2nnc(CN3CCC[C@H]3c3ccc[nH]3)o2)cc1. The molecule has 1 atom stereocenters. The molecule has 1 saturated heterocycles. The molecule has 0 unspecified atom stereocenters. The van der Waals surface area contributed by atoms with E-state index in [9.17, 15) is 0 Å². The Labute approximate surface area is 135 Å². The molecule has 0 amide bonds. The quantitative estimate of drug-likeness (QED) is 0.798. The highest BCUT2D eigenvalue weighted by Gasteiger charge is 2.28. The van der Waals surface area contributed by atoms with E-state index in [4.69, 9.17) is 4.42 Å². The van der Waals surface area contributed by atoms with Crippen molar-refractivity contribution in [1.29, 1.82) is 0 Å². The maximum absolute atomic E-state index is 5.86. The molecule has 0 aliphatic carbocycles. The summed E-state index contributed by atoms with van der Waals surface area (Å²) in [6.45, 7) is 3.83. The summed E-state index contributed by atoms with van der Waals surface area (Å²) in [5.41, 5.74) is 3.46. The molecule has 5 heteroatoms. The first kappa shape index (κ1) is 14.2. The van der Waals surface area contributed by atoms with Gasteiger partial charge in [0, 0.05) is 17.5 Å². The number of aryl methyl sites for hydroxylation is 1. The molecule has 0 spiro atoms. The topological polar surface area (TPSA) is 58.0 Å². The van der Waals surface area contributed by atoms with Gasteiger partial charge in [0.1, 0.15) is 0 Å². The van der Waals surface area contributed by atoms with E-state index in [-0.39, 0.29) is 0 Å². The van der Waals surface area contributed by atoms with Gasteiger partial charge in [0.2, 0.25) is 11.8 Å². The average Bonchev–Trinajstić information content (AvgIpc) is 3.29. The lowest BCUT2D eigenvalue weighted by Crippen LogP contribution is -2.23. The number of nitrogens with zero attached hydrogens (tertiary/aromatic N) is 3. The third-order valence-electron chi connectivity index (χ3n) is 4.45. The summed E-state index contributed by atoms with van der Waals surface area (Å²) in [5, 5.41) is 8.42. The van der Waals surface area contributed by atoms with E-state index in [0.29, 0.717) is 24.4 Å². The monoisotopic (exact) mass is 308 g/mol. The largest absolute Gasteiger partial charge is 0.419 e. The minimum absolute atomic E-state index is 0.416. The lowest BCUT2D eigenvalue weighted by atomic mass is 10.1. The zero-order valence-electron chi connectivity index (χ0n) is 13.2. The smallest absolute Gasteiger partial charge is 0.247 e. The zero-order valence-corrected chi connectivity index (χ0v) is 13.2. The van der Waals surface area contributed by atoms with Crippen molar-refractivity contribution < 1.29 is 4.42 Å². The van der Waals surface area contributed by atoms with E-state index in [2.05, 4.69) is 45.2 Å². The van der Waals surface area contributed by atoms with E-state index < -0.39 is 0 Å². The lowest BCUT2D eigenvalue weighted by molar-refractivity contribution is 0.221. The molecule has 2 aromatic heterocycles. The van der Waals surface area contributed by atoms with Crippen LogP contribution < -0.4 is 0 Å². The van der Waals surface area contributed by atoms with Crippen LogP contribution in [0.15, 0.2) is 47.0 Å². The Bertz CT molecular complexity index is 761. The van der Waals surface area contributed by atoms with Crippen molar-refractivity contribution in [2.24, 2.45) is 0 Å². The molecule has 0 saturated carbocycles. The summed E-state index contributed by atoms with van der Waals surface area (Å²) in [7, 11) is 0. The van der Waals surface area contributed by atoms with Crippen molar-refractivity contribution in [2.45, 2.75) is 32.4 Å². The molecule has 1 fully saturated rings. The van der Waals surface area contributed by atoms with Crippen LogP contribution in [0.2, 0.25) is 0 Å². The Hall–Kier alpha value is -2.40. The molecule has 23 heavy (non-hydrogen) atoms. The molecular formula is C18H20N4O. The summed E-state index contributed by atoms with van der Waals surface area (Å²) in [5.74, 6) is 1.27. The summed E-state index contributed by atoms with van der Waals surface area (Å²) in [6.07, 6.45) is 4.34. The van der Waals surface area contributed by atoms with Crippen molar-refractivity contribution in [3.63, 3.8) is 0 Å². The van der Waals surface area contributed by atoms with Crippen LogP contribution in [0.3, 0.4) is 0 Å². The first-order valence-corrected chi connectivity index (χ1v) is 8.06. The number of H-pyrrole nitrogens is 1. The first-order valence-electron chi connectivity index (χ1n) is 8.06. The van der Waals surface area contributed by atoms with Gasteiger partial charge in [-0.05, 0) is 50.6 Å². The van der Waals surface area contributed by atoms with E-state index in [1.165, 1.54) is 24.1 Å². The summed E-state index contributed by atoms with van der Waals surface area (Å²) < 4.78 is 5.86. The van der Waals surface area contributed by atoms with Crippen molar-refractivity contribution in [2.75, 3.05) is 6.54 Å². The minimum Gasteiger partial charge on any atom is -0.419 e. The number of hydrogen-bond donors (Lipinski definition) is 1. The predicted octanol–water partition coefficient (Wildman–Crippen LogP) is 3.71. The number of aromatic amines is 1. The van der Waals surface area contributed by atoms with Gasteiger partial charge < -0.3 is 9.40 Å². The van der Waals surface area contributed by atoms with E-state index in [1.807, 2.05) is 24.4 Å². The van der Waals surface area contributed by atoms with Crippen LogP contribution in [0.25, 0.3) is 11.5 Å². The van der Waals surface area contributed by atoms with Gasteiger partial charge in [-0.15, -0.1) is 10.2 Å². The third-order valence-corrected chi connectivity index (χ3v) is 4.45. The van der Waals surface area contributed by atoms with Crippen LogP contribution in [0.5, 0.6) is 0 Å². The number of aromatic nitrogens is 3. The van der Waals surface area contributed by atoms with Crippen LogP contribution in [0.4, 0.5) is 0 Å². The second-order valence-corrected chi connectivity index (χ2v) is 6.12. The fraction of sp³-hybridized carbons (Fsp3) is 0.333. The maximum atomic E-state index is 5.86. The van der Waals surface area contributed by atoms with Crippen LogP contribution in [-0.4, -0.2) is 26.6 Å². The molecule has 3 aromatic rings. The number of benzene rings is 1. The minimum atomic E-state index is 0.416. The van der Waals surface area contributed by atoms with Gasteiger partial charge in [-0.25, -0.2) is 0 Å². The van der Waals surface area contributed by atoms with Crippen LogP contribution in [0, 0.1) is 6.92 Å². The van der Waals surface area contributed by atoms with Gasteiger partial charge in [-0.2, -0.15) is 0 Å². The van der Waals surface area contributed by atoms with E-state index in [1.54, 1.807) is 0 Å². The highest BCUT2D eigenvalue weighted by atomic mass is 16.4. The summed E-state index contributed by atoms with van der Waals surface area (Å²) in [4.78, 5) is 5.72. The van der Waals surface area contributed by atoms with Gasteiger partial charge in [0.25, 0.3) is 0 Å². The number of rotatable bonds is 4. The standard InChI is InChI=1S/C18H20N4O/c1-13-6-8-14(9-7-13)18-21-20-17(23-18)12-22-11-3-5-16(22)15-4-2-10-19-15/h2,4,6-10,16,19H,3,5,11-12H2,1H3/t16-/m0/s1. The van der Waals surface area contributed by atoms with Crippen molar-refractivity contribution in [1.82, 2.24) is 20.1 Å². The average molecular weight is 308 g/mol. The van der Waals surface area contributed by atoms with E-state index >= 15 is 0 Å². The Kier molecular flexibility index (Phi) is 3.71. The number of likely N-dealkylation sites (tertiary alicyclic amines) is 1. The number of hydrogen-bond acceptors (Lipinski definition) is 4. The Morgan fingerprint density at radius 3 is 2.87 bits per heavy atom. The van der Waals surface area contributed by atoms with Crippen molar-refractivity contribution >= 4 is 0 Å². The van der Waals surface area contributed by atoms with Gasteiger partial charge >= 0.3 is 0 Å². The summed E-state index contributed by atoms with van der Waals surface area (Å²) in [6, 6.07) is 12.8. The molecule has 1 aromatic carbocycles. The normalized spacial score (nSPS) is 18.6. The number of nitrogens with one attached hydrogen (secondary N) is 1. The molecular weight excluding hydrogens is 288 g/mol. The van der Waals surface area contributed by atoms with E-state index in [0.717, 1.165) is 12.1 Å². The second-order valence-electron chi connectivity index (χ2n) is 6.12. The highest BCUT2D eigenvalue weighted by Crippen LogP contribution is 2.32. The fourth-order valence-electron chi connectivity index (χ4n) is 3.22. The Morgan fingerprint density at radius 1 is 1.22 bits per heavy atom. The highest BCUT2D eigenvalue weighted by molar-refractivity contribution is 5.52. The molecule has 1 aliphatic rings. The zero-order chi connectivity index (χ0) is 15.6. The van der Waals surface area contributed by atoms with Crippen molar-refractivity contribution in [3.05, 3.63) is 59.7 Å². The summed E-state index contributed by atoms with van der Waals surface area (Å²) >= 11 is 0. The van der Waals surface area contributed by atoms with Crippen LogP contribution in [-0.2, 0) is 6.54 Å². The Balaban J connectivity index is 1.50. The van der Waals surface area contributed by atoms with Crippen LogP contribution in [0.1, 0.15) is 36.0 Å². The first-order chi connectivity index (χ1) is 11.3. The molecule has 0 radical (unpaired) electrons. The molecule has 3 heterocycles. The van der Waals surface area contributed by atoms with Crippen LogP contribution >= 0.6 is 0 Å². The van der Waals surface area contributed by atoms with Gasteiger partial charge in [-0.1, -0.05) is 17.7 Å². The molecule has 5 nitrogen and oxygen atoms in total. The maximum Gasteiger partial charge on any atom is 0.247 e. The molecule has 1 N–H and O–H groups in total. The van der Waals surface area contributed by atoms with Crippen molar-refractivity contribution in [3.8, 4) is 11.5 Å². The molecule has 1 aliphatic heterocycles. The lowest BCUT2D eigenvalue weighted by Gasteiger charge is -2.21. The third kappa shape index (κ3) is 2.92. The molecule has 0 bridgehead atoms. The predicted molar refractivity (Wildman–Crippen MR) is 87.6 cm³/mol. The second kappa shape index (κ2) is 6.01. The Morgan fingerprint density at radius 2 is 2.09 bits per heavy atom. The fourth-order valence-corrected chi connectivity index (χ4v) is 3.22.